The van der Waals surface area contributed by atoms with Gasteiger partial charge < -0.3 is 14.4 Å². The average molecular weight is 272 g/mol. The smallest absolute Gasteiger partial charge is 0.277 e. The number of fused-ring (bicyclic) bond motifs is 1. The lowest BCUT2D eigenvalue weighted by molar-refractivity contribution is 0.387. The molecule has 8 heteroatoms. The maximum Gasteiger partial charge on any atom is 0.277 e. The lowest BCUT2D eigenvalue weighted by Gasteiger charge is -2.15. The second kappa shape index (κ2) is 4.72. The number of anilines is 1. The maximum atomic E-state index is 11.7. The van der Waals surface area contributed by atoms with Crippen LogP contribution < -0.4 is 10.5 Å². The second-order valence-electron chi connectivity index (χ2n) is 4.35. The molecule has 0 aliphatic carbocycles. The van der Waals surface area contributed by atoms with Crippen LogP contribution in [-0.2, 0) is 6.54 Å². The van der Waals surface area contributed by atoms with Crippen LogP contribution in [0.25, 0.3) is 11.0 Å². The summed E-state index contributed by atoms with van der Waals surface area (Å²) in [5.74, 6) is 1.71. The number of nitrogens with one attached hydrogen (secondary N) is 1. The number of aromatic nitrogens is 5. The summed E-state index contributed by atoms with van der Waals surface area (Å²) in [7, 11) is 1.84. The van der Waals surface area contributed by atoms with Gasteiger partial charge in [0.15, 0.2) is 11.3 Å². The van der Waals surface area contributed by atoms with Crippen molar-refractivity contribution in [2.45, 2.75) is 13.5 Å². The SMILES string of the molecule is Cc1nc(CN(C)c2ccc3nc[nH]c(=O)c3n2)no1. The molecule has 0 fully saturated rings. The Bertz CT molecular complexity index is 809. The summed E-state index contributed by atoms with van der Waals surface area (Å²) in [6.45, 7) is 2.17. The third-order valence-corrected chi connectivity index (χ3v) is 2.81. The van der Waals surface area contributed by atoms with E-state index in [0.29, 0.717) is 35.1 Å². The molecule has 3 aromatic heterocycles. The Kier molecular flexibility index (Phi) is 2.90. The van der Waals surface area contributed by atoms with Crippen molar-refractivity contribution in [3.05, 3.63) is 40.5 Å². The predicted molar refractivity (Wildman–Crippen MR) is 71.3 cm³/mol. The van der Waals surface area contributed by atoms with Crippen LogP contribution in [0.5, 0.6) is 0 Å². The summed E-state index contributed by atoms with van der Waals surface area (Å²) in [6, 6.07) is 3.55. The molecule has 0 amide bonds. The molecular formula is C12H12N6O2. The minimum absolute atomic E-state index is 0.263. The zero-order chi connectivity index (χ0) is 14.1. The third kappa shape index (κ3) is 2.22. The Morgan fingerprint density at radius 2 is 2.20 bits per heavy atom. The molecule has 0 aliphatic heterocycles. The monoisotopic (exact) mass is 272 g/mol. The zero-order valence-corrected chi connectivity index (χ0v) is 11.0. The molecule has 0 aliphatic rings. The molecule has 0 radical (unpaired) electrons. The lowest BCUT2D eigenvalue weighted by Crippen LogP contribution is -2.19. The van der Waals surface area contributed by atoms with Gasteiger partial charge in [0, 0.05) is 14.0 Å². The number of hydrogen-bond donors (Lipinski definition) is 1. The first kappa shape index (κ1) is 12.3. The molecule has 1 N–H and O–H groups in total. The first-order chi connectivity index (χ1) is 9.63. The Labute approximate surface area is 113 Å². The van der Waals surface area contributed by atoms with Crippen molar-refractivity contribution in [2.24, 2.45) is 0 Å². The highest BCUT2D eigenvalue weighted by molar-refractivity contribution is 5.74. The predicted octanol–water partition coefficient (Wildman–Crippen LogP) is 0.646. The number of hydrogen-bond acceptors (Lipinski definition) is 7. The molecule has 0 unspecified atom stereocenters. The molecule has 0 saturated carbocycles. The van der Waals surface area contributed by atoms with Gasteiger partial charge in [-0.25, -0.2) is 9.97 Å². The third-order valence-electron chi connectivity index (χ3n) is 2.81. The van der Waals surface area contributed by atoms with E-state index >= 15 is 0 Å². The number of aryl methyl sites for hydroxylation is 1. The van der Waals surface area contributed by atoms with Gasteiger partial charge in [-0.1, -0.05) is 5.16 Å². The van der Waals surface area contributed by atoms with Crippen molar-refractivity contribution in [3.63, 3.8) is 0 Å². The van der Waals surface area contributed by atoms with Crippen LogP contribution in [0.4, 0.5) is 5.82 Å². The number of H-pyrrole nitrogens is 1. The highest BCUT2D eigenvalue weighted by atomic mass is 16.5. The molecule has 20 heavy (non-hydrogen) atoms. The van der Waals surface area contributed by atoms with E-state index in [0.717, 1.165) is 0 Å². The summed E-state index contributed by atoms with van der Waals surface area (Å²) in [5, 5.41) is 3.83. The zero-order valence-electron chi connectivity index (χ0n) is 11.0. The van der Waals surface area contributed by atoms with E-state index in [-0.39, 0.29) is 5.56 Å². The van der Waals surface area contributed by atoms with Gasteiger partial charge in [0.25, 0.3) is 5.56 Å². The molecule has 102 valence electrons. The van der Waals surface area contributed by atoms with Gasteiger partial charge in [-0.3, -0.25) is 4.79 Å². The Morgan fingerprint density at radius 3 is 2.95 bits per heavy atom. The van der Waals surface area contributed by atoms with Crippen LogP contribution >= 0.6 is 0 Å². The van der Waals surface area contributed by atoms with Gasteiger partial charge in [0.1, 0.15) is 5.82 Å². The Balaban J connectivity index is 1.93. The first-order valence-corrected chi connectivity index (χ1v) is 5.98. The first-order valence-electron chi connectivity index (χ1n) is 5.98. The highest BCUT2D eigenvalue weighted by Crippen LogP contribution is 2.14. The van der Waals surface area contributed by atoms with Crippen molar-refractivity contribution in [2.75, 3.05) is 11.9 Å². The summed E-state index contributed by atoms with van der Waals surface area (Å²) in [4.78, 5) is 28.5. The van der Waals surface area contributed by atoms with Crippen LogP contribution in [0.3, 0.4) is 0 Å². The number of aromatic amines is 1. The topological polar surface area (TPSA) is 101 Å². The molecule has 3 rings (SSSR count). The maximum absolute atomic E-state index is 11.7. The summed E-state index contributed by atoms with van der Waals surface area (Å²) < 4.78 is 4.92. The summed E-state index contributed by atoms with van der Waals surface area (Å²) in [6.07, 6.45) is 1.36. The van der Waals surface area contributed by atoms with Gasteiger partial charge >= 0.3 is 0 Å². The van der Waals surface area contributed by atoms with Crippen LogP contribution in [0.2, 0.25) is 0 Å². The van der Waals surface area contributed by atoms with E-state index in [1.807, 2.05) is 11.9 Å². The van der Waals surface area contributed by atoms with E-state index in [4.69, 9.17) is 4.52 Å². The van der Waals surface area contributed by atoms with Crippen LogP contribution in [0, 0.1) is 6.92 Å². The molecule has 0 spiro atoms. The van der Waals surface area contributed by atoms with Crippen molar-refractivity contribution in [3.8, 4) is 0 Å². The summed E-state index contributed by atoms with van der Waals surface area (Å²) >= 11 is 0. The minimum Gasteiger partial charge on any atom is -0.352 e. The van der Waals surface area contributed by atoms with E-state index in [2.05, 4.69) is 25.1 Å². The number of pyridine rings is 1. The standard InChI is InChI=1S/C12H12N6O2/c1-7-15-9(17-20-7)5-18(2)10-4-3-8-11(16-10)12(19)14-6-13-8/h3-4,6H,5H2,1-2H3,(H,13,14,19). The van der Waals surface area contributed by atoms with Gasteiger partial charge in [0.05, 0.1) is 18.4 Å². The van der Waals surface area contributed by atoms with Gasteiger partial charge in [0.2, 0.25) is 5.89 Å². The van der Waals surface area contributed by atoms with Crippen molar-refractivity contribution in [1.29, 1.82) is 0 Å². The molecule has 3 heterocycles. The molecule has 8 nitrogen and oxygen atoms in total. The van der Waals surface area contributed by atoms with E-state index in [1.165, 1.54) is 6.33 Å². The second-order valence-corrected chi connectivity index (χ2v) is 4.35. The fourth-order valence-corrected chi connectivity index (χ4v) is 1.85. The largest absolute Gasteiger partial charge is 0.352 e. The van der Waals surface area contributed by atoms with Gasteiger partial charge in [-0.2, -0.15) is 4.98 Å². The van der Waals surface area contributed by atoms with Gasteiger partial charge in [-0.05, 0) is 12.1 Å². The average Bonchev–Trinajstić information content (AvgIpc) is 2.84. The lowest BCUT2D eigenvalue weighted by atomic mass is 10.3. The van der Waals surface area contributed by atoms with Crippen LogP contribution in [-0.4, -0.2) is 32.1 Å². The molecule has 0 bridgehead atoms. The van der Waals surface area contributed by atoms with E-state index in [9.17, 15) is 4.79 Å². The molecule has 0 saturated heterocycles. The van der Waals surface area contributed by atoms with E-state index in [1.54, 1.807) is 19.1 Å². The molecular weight excluding hydrogens is 260 g/mol. The highest BCUT2D eigenvalue weighted by Gasteiger charge is 2.10. The number of rotatable bonds is 3. The van der Waals surface area contributed by atoms with Crippen LogP contribution in [0.15, 0.2) is 27.8 Å². The van der Waals surface area contributed by atoms with Gasteiger partial charge in [-0.15, -0.1) is 0 Å². The Hall–Kier alpha value is -2.77. The Morgan fingerprint density at radius 1 is 1.35 bits per heavy atom. The fourth-order valence-electron chi connectivity index (χ4n) is 1.85. The molecule has 0 aromatic carbocycles. The van der Waals surface area contributed by atoms with E-state index < -0.39 is 0 Å². The molecule has 3 aromatic rings. The normalized spacial score (nSPS) is 10.9. The van der Waals surface area contributed by atoms with Crippen molar-refractivity contribution >= 4 is 16.9 Å². The summed E-state index contributed by atoms with van der Waals surface area (Å²) in [5.41, 5.74) is 0.600. The fraction of sp³-hybridized carbons (Fsp3) is 0.250. The quantitative estimate of drug-likeness (QED) is 0.746. The number of nitrogens with zero attached hydrogens (tertiary/aromatic N) is 5. The molecule has 0 atom stereocenters. The minimum atomic E-state index is -0.263. The van der Waals surface area contributed by atoms with Crippen molar-refractivity contribution in [1.82, 2.24) is 25.1 Å². The van der Waals surface area contributed by atoms with Crippen molar-refractivity contribution < 1.29 is 4.52 Å². The van der Waals surface area contributed by atoms with Crippen LogP contribution in [0.1, 0.15) is 11.7 Å².